The van der Waals surface area contributed by atoms with Crippen molar-refractivity contribution in [1.29, 1.82) is 0 Å². The van der Waals surface area contributed by atoms with E-state index in [0.717, 1.165) is 29.9 Å². The second kappa shape index (κ2) is 13.8. The number of nitrogen functional groups attached to an aromatic ring is 1. The number of methoxy groups -OCH3 is 2. The highest BCUT2D eigenvalue weighted by Gasteiger charge is 2.20. The molecular formula is C26H38N6O3. The van der Waals surface area contributed by atoms with Crippen molar-refractivity contribution >= 4 is 17.9 Å². The lowest BCUT2D eigenvalue weighted by atomic mass is 10.1. The Balaban J connectivity index is 2.21. The molecule has 1 heterocycles. The Hall–Kier alpha value is -3.75. The van der Waals surface area contributed by atoms with E-state index < -0.39 is 0 Å². The third-order valence-corrected chi connectivity index (χ3v) is 5.44. The number of allylic oxidation sites excluding steroid dienone is 7. The summed E-state index contributed by atoms with van der Waals surface area (Å²) in [5.74, 6) is 2.47. The van der Waals surface area contributed by atoms with Gasteiger partial charge in [0.25, 0.3) is 0 Å². The molecule has 0 saturated carbocycles. The summed E-state index contributed by atoms with van der Waals surface area (Å²) in [6, 6.07) is 0. The van der Waals surface area contributed by atoms with Gasteiger partial charge < -0.3 is 20.1 Å². The third kappa shape index (κ3) is 8.51. The monoisotopic (exact) mass is 482 g/mol. The molecule has 1 aliphatic carbocycles. The van der Waals surface area contributed by atoms with Gasteiger partial charge in [0.1, 0.15) is 5.76 Å². The molecule has 0 bridgehead atoms. The molecule has 190 valence electrons. The van der Waals surface area contributed by atoms with Crippen molar-refractivity contribution in [3.63, 3.8) is 0 Å². The van der Waals surface area contributed by atoms with E-state index in [0.29, 0.717) is 36.7 Å². The zero-order chi connectivity index (χ0) is 25.8. The second-order valence-corrected chi connectivity index (χ2v) is 8.39. The van der Waals surface area contributed by atoms with Crippen LogP contribution in [0.4, 0.5) is 5.69 Å². The van der Waals surface area contributed by atoms with Gasteiger partial charge in [-0.15, -0.1) is 0 Å². The number of nitrogens with two attached hydrogens (primary N) is 1. The smallest absolute Gasteiger partial charge is 0.229 e. The molecule has 0 aromatic carbocycles. The van der Waals surface area contributed by atoms with Crippen LogP contribution in [0.15, 0.2) is 70.9 Å². The van der Waals surface area contributed by atoms with Crippen LogP contribution in [-0.2, 0) is 20.8 Å². The molecule has 1 aromatic rings. The van der Waals surface area contributed by atoms with Gasteiger partial charge in [0.05, 0.1) is 32.2 Å². The fourth-order valence-corrected chi connectivity index (χ4v) is 3.60. The zero-order valence-electron chi connectivity index (χ0n) is 21.6. The minimum absolute atomic E-state index is 0.217. The van der Waals surface area contributed by atoms with E-state index in [2.05, 4.69) is 30.3 Å². The Bertz CT molecular complexity index is 1030. The highest BCUT2D eigenvalue weighted by atomic mass is 16.5. The van der Waals surface area contributed by atoms with Gasteiger partial charge in [-0.2, -0.15) is 10.2 Å². The Labute approximate surface area is 208 Å². The number of nitrogens with zero attached hydrogens (tertiary/aromatic N) is 5. The van der Waals surface area contributed by atoms with Crippen molar-refractivity contribution in [2.75, 3.05) is 40.6 Å². The van der Waals surface area contributed by atoms with Crippen LogP contribution < -0.4 is 5.73 Å². The fraction of sp³-hybridized carbons (Fsp3) is 0.423. The summed E-state index contributed by atoms with van der Waals surface area (Å²) in [6.45, 7) is 5.31. The molecule has 35 heavy (non-hydrogen) atoms. The highest BCUT2D eigenvalue weighted by Crippen LogP contribution is 2.18. The minimum Gasteiger partial charge on any atom is -0.501 e. The van der Waals surface area contributed by atoms with Crippen molar-refractivity contribution < 1.29 is 14.3 Å². The van der Waals surface area contributed by atoms with E-state index in [4.69, 9.17) is 20.3 Å². The number of hydrogen-bond acceptors (Lipinski definition) is 6. The number of carbonyl (C=O) groups is 1. The van der Waals surface area contributed by atoms with Crippen LogP contribution in [-0.4, -0.2) is 66.8 Å². The number of amides is 1. The zero-order valence-corrected chi connectivity index (χ0v) is 21.6. The van der Waals surface area contributed by atoms with Crippen LogP contribution in [0.3, 0.4) is 0 Å². The van der Waals surface area contributed by atoms with Gasteiger partial charge in [0.15, 0.2) is 11.5 Å². The summed E-state index contributed by atoms with van der Waals surface area (Å²) in [5.41, 5.74) is 8.54. The van der Waals surface area contributed by atoms with E-state index in [-0.39, 0.29) is 5.92 Å². The first-order valence-corrected chi connectivity index (χ1v) is 11.6. The van der Waals surface area contributed by atoms with Crippen LogP contribution in [0.2, 0.25) is 0 Å². The number of hydrazone groups is 1. The fourth-order valence-electron chi connectivity index (χ4n) is 3.60. The summed E-state index contributed by atoms with van der Waals surface area (Å²) in [7, 11) is 6.83. The molecule has 0 aliphatic heterocycles. The summed E-state index contributed by atoms with van der Waals surface area (Å²) in [5, 5.41) is 10.4. The largest absolute Gasteiger partial charge is 0.501 e. The second-order valence-electron chi connectivity index (χ2n) is 8.39. The van der Waals surface area contributed by atoms with Crippen LogP contribution in [0.25, 0.3) is 0 Å². The predicted octanol–water partition coefficient (Wildman–Crippen LogP) is 3.70. The molecule has 1 unspecified atom stereocenters. The van der Waals surface area contributed by atoms with E-state index >= 15 is 0 Å². The van der Waals surface area contributed by atoms with Gasteiger partial charge in [-0.3, -0.25) is 9.48 Å². The number of rotatable bonds is 12. The molecule has 0 fully saturated rings. The van der Waals surface area contributed by atoms with Crippen LogP contribution in [0.1, 0.15) is 32.4 Å². The maximum absolute atomic E-state index is 11.3. The molecule has 1 aromatic heterocycles. The van der Waals surface area contributed by atoms with Gasteiger partial charge in [0, 0.05) is 33.3 Å². The first-order chi connectivity index (χ1) is 16.8. The Kier molecular flexibility index (Phi) is 10.9. The Morgan fingerprint density at radius 1 is 1.34 bits per heavy atom. The van der Waals surface area contributed by atoms with Crippen molar-refractivity contribution in [3.8, 4) is 0 Å². The molecule has 2 rings (SSSR count). The number of hydrogen-bond donors (Lipinski definition) is 1. The molecule has 1 amide bonds. The molecule has 0 spiro atoms. The van der Waals surface area contributed by atoms with Gasteiger partial charge in [-0.25, -0.2) is 5.01 Å². The summed E-state index contributed by atoms with van der Waals surface area (Å²) in [4.78, 5) is 13.3. The van der Waals surface area contributed by atoms with Crippen molar-refractivity contribution in [3.05, 3.63) is 71.5 Å². The molecule has 1 aliphatic rings. The molecule has 0 radical (unpaired) electrons. The summed E-state index contributed by atoms with van der Waals surface area (Å²) >= 11 is 0. The first-order valence-electron chi connectivity index (χ1n) is 11.6. The average Bonchev–Trinajstić information content (AvgIpc) is 3.05. The van der Waals surface area contributed by atoms with Crippen molar-refractivity contribution in [2.24, 2.45) is 11.0 Å². The van der Waals surface area contributed by atoms with E-state index in [9.17, 15) is 4.79 Å². The standard InChI is InChI=1S/C26H38N6O3/c1-7-22(34-5)12-8-10-20(2)16-30(3)26(29-31(4)19-33)25-24(27)18-32(28-25)17-21-11-9-13-23(35-6)15-14-21/h7-10,13-15,18-20H,11-12,16-17,27H2,1-6H3/b10-8-,22-7+,29-26-. The third-order valence-electron chi connectivity index (χ3n) is 5.44. The van der Waals surface area contributed by atoms with E-state index in [1.165, 1.54) is 5.01 Å². The number of ether oxygens (including phenoxy) is 2. The number of carbonyl (C=O) groups excluding carboxylic acids is 1. The van der Waals surface area contributed by atoms with Crippen LogP contribution >= 0.6 is 0 Å². The van der Waals surface area contributed by atoms with Gasteiger partial charge in [0.2, 0.25) is 6.41 Å². The molecule has 9 heteroatoms. The Morgan fingerprint density at radius 3 is 2.77 bits per heavy atom. The number of anilines is 1. The lowest BCUT2D eigenvalue weighted by Gasteiger charge is -2.23. The average molecular weight is 483 g/mol. The minimum atomic E-state index is 0.217. The van der Waals surface area contributed by atoms with Crippen molar-refractivity contribution in [1.82, 2.24) is 19.7 Å². The normalized spacial score (nSPS) is 15.4. The van der Waals surface area contributed by atoms with Crippen molar-refractivity contribution in [2.45, 2.75) is 33.2 Å². The maximum atomic E-state index is 11.3. The summed E-state index contributed by atoms with van der Waals surface area (Å²) in [6.07, 6.45) is 18.1. The van der Waals surface area contributed by atoms with Gasteiger partial charge >= 0.3 is 0 Å². The molecule has 1 atom stereocenters. The summed E-state index contributed by atoms with van der Waals surface area (Å²) < 4.78 is 12.4. The molecule has 0 saturated heterocycles. The number of amidine groups is 1. The predicted molar refractivity (Wildman–Crippen MR) is 140 cm³/mol. The van der Waals surface area contributed by atoms with Gasteiger partial charge in [-0.05, 0) is 43.1 Å². The van der Waals surface area contributed by atoms with E-state index in [1.807, 2.05) is 43.2 Å². The first kappa shape index (κ1) is 27.5. The lowest BCUT2D eigenvalue weighted by molar-refractivity contribution is -0.117. The number of aromatic nitrogens is 2. The maximum Gasteiger partial charge on any atom is 0.229 e. The quantitative estimate of drug-likeness (QED) is 0.122. The molecule has 2 N–H and O–H groups in total. The molecular weight excluding hydrogens is 444 g/mol. The van der Waals surface area contributed by atoms with Crippen LogP contribution in [0, 0.1) is 5.92 Å². The Morgan fingerprint density at radius 2 is 2.11 bits per heavy atom. The lowest BCUT2D eigenvalue weighted by Crippen LogP contribution is -2.34. The van der Waals surface area contributed by atoms with E-state index in [1.54, 1.807) is 32.1 Å². The topological polar surface area (TPSA) is 98.2 Å². The SMILES string of the molecule is C/C=C(\C/C=C\C(C)CN(C)/C(=N\N(C)C=O)c1nn(CC2=CC=C(OC)C=CC2)cc1N)OC. The molecule has 9 nitrogen and oxygen atoms in total. The van der Waals surface area contributed by atoms with Gasteiger partial charge in [-0.1, -0.05) is 31.2 Å². The van der Waals surface area contributed by atoms with Crippen LogP contribution in [0.5, 0.6) is 0 Å². The highest BCUT2D eigenvalue weighted by molar-refractivity contribution is 6.01.